The Morgan fingerprint density at radius 2 is 2.08 bits per heavy atom. The lowest BCUT2D eigenvalue weighted by molar-refractivity contribution is 0.0530. The first-order valence-corrected chi connectivity index (χ1v) is 9.48. The molecule has 4 nitrogen and oxygen atoms in total. The van der Waals surface area contributed by atoms with Crippen molar-refractivity contribution in [3.63, 3.8) is 0 Å². The predicted octanol–water partition coefficient (Wildman–Crippen LogP) is 4.22. The third-order valence-corrected chi connectivity index (χ3v) is 5.88. The number of furan rings is 1. The number of fused-ring (bicyclic) bond motifs is 1. The first-order chi connectivity index (χ1) is 12.2. The molecular weight excluding hydrogens is 354 g/mol. The highest BCUT2D eigenvalue weighted by Crippen LogP contribution is 2.31. The molecule has 0 saturated heterocycles. The van der Waals surface area contributed by atoms with Gasteiger partial charge in [-0.2, -0.15) is 11.3 Å². The summed E-state index contributed by atoms with van der Waals surface area (Å²) in [5, 5.41) is 18.8. The fourth-order valence-corrected chi connectivity index (χ4v) is 4.44. The Morgan fingerprint density at radius 1 is 1.20 bits per heavy atom. The second-order valence-electron chi connectivity index (χ2n) is 5.68. The van der Waals surface area contributed by atoms with Crippen LogP contribution in [0.3, 0.4) is 0 Å². The van der Waals surface area contributed by atoms with Gasteiger partial charge in [-0.3, -0.25) is 4.79 Å². The third kappa shape index (κ3) is 3.00. The highest BCUT2D eigenvalue weighted by Gasteiger charge is 2.35. The molecule has 0 fully saturated rings. The second-order valence-corrected chi connectivity index (χ2v) is 7.54. The van der Waals surface area contributed by atoms with Gasteiger partial charge < -0.3 is 14.8 Å². The van der Waals surface area contributed by atoms with Crippen LogP contribution < -0.4 is 5.32 Å². The van der Waals surface area contributed by atoms with Gasteiger partial charge in [0.15, 0.2) is 5.60 Å². The minimum atomic E-state index is -1.39. The highest BCUT2D eigenvalue weighted by molar-refractivity contribution is 7.20. The summed E-state index contributed by atoms with van der Waals surface area (Å²) < 4.78 is 6.48. The molecular formula is C19H15NO3S2. The molecule has 4 aromatic rings. The summed E-state index contributed by atoms with van der Waals surface area (Å²) in [5.41, 5.74) is -0.695. The van der Waals surface area contributed by atoms with Gasteiger partial charge in [0.2, 0.25) is 0 Å². The van der Waals surface area contributed by atoms with Gasteiger partial charge in [0.05, 0.1) is 17.7 Å². The smallest absolute Gasteiger partial charge is 0.261 e. The quantitative estimate of drug-likeness (QED) is 0.554. The monoisotopic (exact) mass is 369 g/mol. The van der Waals surface area contributed by atoms with E-state index in [0.717, 1.165) is 10.1 Å². The standard InChI is InChI=1S/C19H15NO3S2/c21-18(16-10-13-4-1-2-5-15(13)25-16)20-12-19(22,14-7-9-24-11-14)17-6-3-8-23-17/h1-11,22H,12H2,(H,20,21). The molecule has 1 unspecified atom stereocenters. The molecule has 0 aliphatic rings. The largest absolute Gasteiger partial charge is 0.466 e. The lowest BCUT2D eigenvalue weighted by Gasteiger charge is -2.25. The minimum absolute atomic E-state index is 0.0321. The van der Waals surface area contributed by atoms with Crippen molar-refractivity contribution in [1.82, 2.24) is 5.32 Å². The Labute approximate surface area is 152 Å². The van der Waals surface area contributed by atoms with Crippen molar-refractivity contribution >= 4 is 38.7 Å². The Kier molecular flexibility index (Phi) is 4.17. The van der Waals surface area contributed by atoms with Crippen molar-refractivity contribution in [2.24, 2.45) is 0 Å². The van der Waals surface area contributed by atoms with Crippen LogP contribution in [-0.2, 0) is 5.60 Å². The Balaban J connectivity index is 1.58. The molecule has 0 radical (unpaired) electrons. The van der Waals surface area contributed by atoms with Crippen LogP contribution in [0.25, 0.3) is 10.1 Å². The average molecular weight is 369 g/mol. The van der Waals surface area contributed by atoms with E-state index in [1.165, 1.54) is 28.9 Å². The molecule has 0 saturated carbocycles. The van der Waals surface area contributed by atoms with Crippen LogP contribution in [0.4, 0.5) is 0 Å². The number of hydrogen-bond acceptors (Lipinski definition) is 5. The van der Waals surface area contributed by atoms with Gasteiger partial charge in [-0.1, -0.05) is 18.2 Å². The lowest BCUT2D eigenvalue weighted by Crippen LogP contribution is -2.41. The summed E-state index contributed by atoms with van der Waals surface area (Å²) in [4.78, 5) is 13.2. The van der Waals surface area contributed by atoms with Crippen LogP contribution in [0.15, 0.2) is 70.0 Å². The lowest BCUT2D eigenvalue weighted by atomic mass is 9.93. The maximum atomic E-state index is 12.6. The molecule has 25 heavy (non-hydrogen) atoms. The molecule has 6 heteroatoms. The SMILES string of the molecule is O=C(NCC(O)(c1ccsc1)c1ccco1)c1cc2ccccc2s1. The fourth-order valence-electron chi connectivity index (χ4n) is 2.73. The Bertz CT molecular complexity index is 920. The summed E-state index contributed by atoms with van der Waals surface area (Å²) in [7, 11) is 0. The van der Waals surface area contributed by atoms with E-state index in [0.29, 0.717) is 16.2 Å². The van der Waals surface area contributed by atoms with Crippen molar-refractivity contribution in [3.8, 4) is 0 Å². The van der Waals surface area contributed by atoms with Gasteiger partial charge in [0.25, 0.3) is 5.91 Å². The number of hydrogen-bond donors (Lipinski definition) is 2. The van der Waals surface area contributed by atoms with Crippen LogP contribution in [0, 0.1) is 0 Å². The van der Waals surface area contributed by atoms with E-state index >= 15 is 0 Å². The molecule has 3 heterocycles. The molecule has 126 valence electrons. The van der Waals surface area contributed by atoms with Gasteiger partial charge in [0, 0.05) is 10.3 Å². The maximum absolute atomic E-state index is 12.6. The second kappa shape index (κ2) is 6.48. The van der Waals surface area contributed by atoms with Gasteiger partial charge in [-0.25, -0.2) is 0 Å². The van der Waals surface area contributed by atoms with E-state index in [1.807, 2.05) is 47.2 Å². The molecule has 1 atom stereocenters. The topological polar surface area (TPSA) is 62.5 Å². The first kappa shape index (κ1) is 16.1. The van der Waals surface area contributed by atoms with Crippen LogP contribution in [0.5, 0.6) is 0 Å². The summed E-state index contributed by atoms with van der Waals surface area (Å²) in [5.74, 6) is 0.198. The number of rotatable bonds is 5. The summed E-state index contributed by atoms with van der Waals surface area (Å²) >= 11 is 2.92. The van der Waals surface area contributed by atoms with Gasteiger partial charge in [0.1, 0.15) is 5.76 Å². The molecule has 0 aliphatic heterocycles. The van der Waals surface area contributed by atoms with E-state index in [2.05, 4.69) is 5.32 Å². The number of carbonyl (C=O) groups is 1. The Hall–Kier alpha value is -2.41. The van der Waals surface area contributed by atoms with Crippen molar-refractivity contribution in [2.45, 2.75) is 5.60 Å². The van der Waals surface area contributed by atoms with E-state index in [4.69, 9.17) is 4.42 Å². The molecule has 0 bridgehead atoms. The highest BCUT2D eigenvalue weighted by atomic mass is 32.1. The number of carbonyl (C=O) groups excluding carboxylic acids is 1. The van der Waals surface area contributed by atoms with Crippen molar-refractivity contribution in [1.29, 1.82) is 0 Å². The van der Waals surface area contributed by atoms with Gasteiger partial charge >= 0.3 is 0 Å². The first-order valence-electron chi connectivity index (χ1n) is 7.73. The zero-order valence-electron chi connectivity index (χ0n) is 13.1. The molecule has 1 amide bonds. The van der Waals surface area contributed by atoms with Crippen molar-refractivity contribution in [3.05, 3.63) is 81.8 Å². The fraction of sp³-hybridized carbons (Fsp3) is 0.105. The maximum Gasteiger partial charge on any atom is 0.261 e. The predicted molar refractivity (Wildman–Crippen MR) is 100 cm³/mol. The van der Waals surface area contributed by atoms with Crippen molar-refractivity contribution in [2.75, 3.05) is 6.54 Å². The number of nitrogens with one attached hydrogen (secondary N) is 1. The van der Waals surface area contributed by atoms with E-state index in [1.54, 1.807) is 12.1 Å². The van der Waals surface area contributed by atoms with Crippen LogP contribution in [-0.4, -0.2) is 17.6 Å². The normalized spacial score (nSPS) is 13.6. The number of benzene rings is 1. The van der Waals surface area contributed by atoms with Gasteiger partial charge in [-0.15, -0.1) is 11.3 Å². The van der Waals surface area contributed by atoms with E-state index < -0.39 is 5.60 Å². The number of aliphatic hydroxyl groups is 1. The summed E-state index contributed by atoms with van der Waals surface area (Å²) in [6, 6.07) is 15.0. The Morgan fingerprint density at radius 3 is 2.80 bits per heavy atom. The zero-order chi connectivity index (χ0) is 17.3. The molecule has 0 aliphatic carbocycles. The molecule has 4 rings (SSSR count). The van der Waals surface area contributed by atoms with Crippen molar-refractivity contribution < 1.29 is 14.3 Å². The number of amides is 1. The summed E-state index contributed by atoms with van der Waals surface area (Å²) in [6.45, 7) is 0.0321. The molecule has 0 spiro atoms. The number of thiophene rings is 2. The minimum Gasteiger partial charge on any atom is -0.466 e. The van der Waals surface area contributed by atoms with Crippen LogP contribution in [0.2, 0.25) is 0 Å². The summed E-state index contributed by atoms with van der Waals surface area (Å²) in [6.07, 6.45) is 1.51. The van der Waals surface area contributed by atoms with Crippen LogP contribution >= 0.6 is 22.7 Å². The molecule has 1 aromatic carbocycles. The molecule has 3 aromatic heterocycles. The molecule has 2 N–H and O–H groups in total. The van der Waals surface area contributed by atoms with E-state index in [-0.39, 0.29) is 12.5 Å². The van der Waals surface area contributed by atoms with Crippen LogP contribution in [0.1, 0.15) is 21.0 Å². The van der Waals surface area contributed by atoms with Gasteiger partial charge in [-0.05, 0) is 46.5 Å². The zero-order valence-corrected chi connectivity index (χ0v) is 14.8. The van der Waals surface area contributed by atoms with E-state index in [9.17, 15) is 9.90 Å². The average Bonchev–Trinajstić information content (AvgIpc) is 3.40. The third-order valence-electron chi connectivity index (χ3n) is 4.08.